The Morgan fingerprint density at radius 3 is 2.13 bits per heavy atom. The highest BCUT2D eigenvalue weighted by molar-refractivity contribution is 6.31. The quantitative estimate of drug-likeness (QED) is 0.301. The number of rotatable bonds is 6. The maximum Gasteiger partial charge on any atom is 0.422 e. The fourth-order valence-electron chi connectivity index (χ4n) is 4.18. The fourth-order valence-corrected chi connectivity index (χ4v) is 4.52. The SMILES string of the molecule is Cc1cc([C@@](O)([C@@H](C)c2ccc(Oc3cc(C(F)(F)F)c(C(=O)O)cn3)cc2Cl)C(F)(F)F)cc(C)c1C#N. The molecule has 0 aliphatic carbocycles. The van der Waals surface area contributed by atoms with Crippen LogP contribution in [-0.4, -0.2) is 27.3 Å². The molecule has 206 valence electrons. The zero-order valence-corrected chi connectivity index (χ0v) is 21.1. The van der Waals surface area contributed by atoms with Crippen molar-refractivity contribution in [3.8, 4) is 17.7 Å². The lowest BCUT2D eigenvalue weighted by Crippen LogP contribution is -2.46. The standard InChI is InChI=1S/C26H19ClF6N2O4/c1-12-6-15(7-13(2)18(12)10-34)24(38,26(31,32)33)14(3)17-5-4-16(8-21(17)27)39-22-9-20(25(28,29)30)19(11-35-22)23(36)37/h4-9,11,14,38H,1-3H3,(H,36,37)/t14-,24-/m0/s1. The maximum atomic E-state index is 14.4. The van der Waals surface area contributed by atoms with E-state index in [2.05, 4.69) is 4.98 Å². The van der Waals surface area contributed by atoms with Gasteiger partial charge in [-0.1, -0.05) is 36.7 Å². The van der Waals surface area contributed by atoms with E-state index in [4.69, 9.17) is 21.4 Å². The van der Waals surface area contributed by atoms with Gasteiger partial charge in [-0.15, -0.1) is 0 Å². The number of nitrogens with zero attached hydrogens (tertiary/aromatic N) is 2. The number of aryl methyl sites for hydroxylation is 2. The van der Waals surface area contributed by atoms with Crippen molar-refractivity contribution in [2.24, 2.45) is 0 Å². The van der Waals surface area contributed by atoms with Crippen LogP contribution in [0.15, 0.2) is 42.6 Å². The smallest absolute Gasteiger partial charge is 0.422 e. The number of carboxylic acid groups (broad SMARTS) is 1. The number of benzene rings is 2. The third-order valence-electron chi connectivity index (χ3n) is 6.22. The Morgan fingerprint density at radius 2 is 1.67 bits per heavy atom. The van der Waals surface area contributed by atoms with Gasteiger partial charge in [0.25, 0.3) is 0 Å². The summed E-state index contributed by atoms with van der Waals surface area (Å²) in [6.45, 7) is 3.98. The molecule has 0 aliphatic rings. The van der Waals surface area contributed by atoms with Crippen LogP contribution in [-0.2, 0) is 11.8 Å². The number of aromatic carboxylic acids is 1. The minimum Gasteiger partial charge on any atom is -0.478 e. The van der Waals surface area contributed by atoms with Gasteiger partial charge in [-0.05, 0) is 48.2 Å². The first kappa shape index (κ1) is 29.7. The molecule has 0 aliphatic heterocycles. The molecular weight excluding hydrogens is 554 g/mol. The predicted octanol–water partition coefficient (Wildman–Crippen LogP) is 7.29. The Kier molecular flexibility index (Phi) is 7.92. The summed E-state index contributed by atoms with van der Waals surface area (Å²) in [5.74, 6) is -4.39. The number of aliphatic hydroxyl groups is 1. The van der Waals surface area contributed by atoms with Crippen molar-refractivity contribution >= 4 is 17.6 Å². The minimum absolute atomic E-state index is 0.159. The van der Waals surface area contributed by atoms with Gasteiger partial charge in [0.1, 0.15) is 5.75 Å². The molecule has 0 radical (unpaired) electrons. The minimum atomic E-state index is -5.18. The van der Waals surface area contributed by atoms with Crippen molar-refractivity contribution in [2.75, 3.05) is 0 Å². The molecule has 13 heteroatoms. The van der Waals surface area contributed by atoms with Crippen molar-refractivity contribution in [1.29, 1.82) is 5.26 Å². The summed E-state index contributed by atoms with van der Waals surface area (Å²) in [6.07, 6.45) is -9.75. The van der Waals surface area contributed by atoms with Gasteiger partial charge in [0.05, 0.1) is 22.8 Å². The zero-order valence-electron chi connectivity index (χ0n) is 20.4. The molecule has 1 aromatic heterocycles. The number of carbonyl (C=O) groups is 1. The molecule has 2 atom stereocenters. The van der Waals surface area contributed by atoms with Gasteiger partial charge in [-0.25, -0.2) is 9.78 Å². The molecule has 0 saturated heterocycles. The molecule has 0 spiro atoms. The van der Waals surface area contributed by atoms with E-state index in [9.17, 15) is 41.5 Å². The van der Waals surface area contributed by atoms with Crippen molar-refractivity contribution in [3.63, 3.8) is 0 Å². The van der Waals surface area contributed by atoms with Crippen LogP contribution in [0, 0.1) is 25.2 Å². The lowest BCUT2D eigenvalue weighted by molar-refractivity contribution is -0.274. The highest BCUT2D eigenvalue weighted by Crippen LogP contribution is 2.50. The third kappa shape index (κ3) is 5.65. The van der Waals surface area contributed by atoms with E-state index in [1.54, 1.807) is 0 Å². The van der Waals surface area contributed by atoms with Gasteiger partial charge < -0.3 is 14.9 Å². The number of alkyl halides is 6. The summed E-state index contributed by atoms with van der Waals surface area (Å²) in [7, 11) is 0. The van der Waals surface area contributed by atoms with Gasteiger partial charge in [-0.2, -0.15) is 31.6 Å². The van der Waals surface area contributed by atoms with Crippen LogP contribution < -0.4 is 4.74 Å². The van der Waals surface area contributed by atoms with Crippen LogP contribution in [0.2, 0.25) is 5.02 Å². The van der Waals surface area contributed by atoms with Crippen LogP contribution in [0.5, 0.6) is 11.6 Å². The molecule has 0 bridgehead atoms. The second kappa shape index (κ2) is 10.4. The van der Waals surface area contributed by atoms with E-state index >= 15 is 0 Å². The number of hydrogen-bond acceptors (Lipinski definition) is 5. The summed E-state index contributed by atoms with van der Waals surface area (Å²) >= 11 is 6.24. The average Bonchev–Trinajstić information content (AvgIpc) is 2.81. The van der Waals surface area contributed by atoms with E-state index in [0.29, 0.717) is 12.3 Å². The monoisotopic (exact) mass is 572 g/mol. The summed E-state index contributed by atoms with van der Waals surface area (Å²) in [5.41, 5.74) is -6.07. The molecule has 6 nitrogen and oxygen atoms in total. The molecule has 0 unspecified atom stereocenters. The van der Waals surface area contributed by atoms with E-state index in [1.807, 2.05) is 6.07 Å². The van der Waals surface area contributed by atoms with Crippen LogP contribution in [0.4, 0.5) is 26.3 Å². The zero-order chi connectivity index (χ0) is 29.5. The first-order valence-corrected chi connectivity index (χ1v) is 11.4. The Balaban J connectivity index is 2.03. The molecule has 3 rings (SSSR count). The van der Waals surface area contributed by atoms with Gasteiger partial charge in [0, 0.05) is 23.2 Å². The second-order valence-electron chi connectivity index (χ2n) is 8.74. The Morgan fingerprint density at radius 1 is 1.08 bits per heavy atom. The second-order valence-corrected chi connectivity index (χ2v) is 9.15. The number of aromatic nitrogens is 1. The average molecular weight is 573 g/mol. The largest absolute Gasteiger partial charge is 0.478 e. The van der Waals surface area contributed by atoms with E-state index in [-0.39, 0.29) is 33.0 Å². The van der Waals surface area contributed by atoms with Crippen molar-refractivity contribution in [3.05, 3.63) is 86.6 Å². The number of hydrogen-bond donors (Lipinski definition) is 2. The van der Waals surface area contributed by atoms with Crippen LogP contribution in [0.25, 0.3) is 0 Å². The molecule has 2 N–H and O–H groups in total. The fraction of sp³-hybridized carbons (Fsp3) is 0.269. The van der Waals surface area contributed by atoms with Crippen LogP contribution >= 0.6 is 11.6 Å². The molecule has 0 amide bonds. The molecule has 39 heavy (non-hydrogen) atoms. The number of carboxylic acids is 1. The Hall–Kier alpha value is -3.82. The van der Waals surface area contributed by atoms with Crippen molar-refractivity contribution < 1.29 is 46.1 Å². The summed E-state index contributed by atoms with van der Waals surface area (Å²) in [4.78, 5) is 14.6. The summed E-state index contributed by atoms with van der Waals surface area (Å²) in [6, 6.07) is 7.67. The van der Waals surface area contributed by atoms with Crippen LogP contribution in [0.1, 0.15) is 56.6 Å². The van der Waals surface area contributed by atoms with Crippen LogP contribution in [0.3, 0.4) is 0 Å². The Labute approximate surface area is 223 Å². The number of pyridine rings is 1. The van der Waals surface area contributed by atoms with Crippen molar-refractivity contribution in [1.82, 2.24) is 4.98 Å². The molecular formula is C26H19ClF6N2O4. The first-order chi connectivity index (χ1) is 17.9. The predicted molar refractivity (Wildman–Crippen MR) is 127 cm³/mol. The number of nitriles is 1. The van der Waals surface area contributed by atoms with E-state index in [0.717, 1.165) is 37.3 Å². The van der Waals surface area contributed by atoms with Gasteiger partial charge in [-0.3, -0.25) is 0 Å². The lowest BCUT2D eigenvalue weighted by atomic mass is 9.76. The molecule has 2 aromatic carbocycles. The maximum absolute atomic E-state index is 14.4. The highest BCUT2D eigenvalue weighted by atomic mass is 35.5. The van der Waals surface area contributed by atoms with E-state index in [1.165, 1.54) is 13.8 Å². The molecule has 1 heterocycles. The normalized spacial score (nSPS) is 14.3. The summed E-state index contributed by atoms with van der Waals surface area (Å²) in [5, 5.41) is 29.0. The first-order valence-electron chi connectivity index (χ1n) is 11.0. The summed E-state index contributed by atoms with van der Waals surface area (Å²) < 4.78 is 88.2. The van der Waals surface area contributed by atoms with Crippen molar-refractivity contribution in [2.45, 2.75) is 44.6 Å². The van der Waals surface area contributed by atoms with Gasteiger partial charge in [0.2, 0.25) is 5.88 Å². The number of halogens is 7. The molecule has 0 saturated carbocycles. The highest BCUT2D eigenvalue weighted by Gasteiger charge is 2.59. The van der Waals surface area contributed by atoms with Gasteiger partial charge >= 0.3 is 18.3 Å². The van der Waals surface area contributed by atoms with E-state index < -0.39 is 52.4 Å². The number of ether oxygens (including phenoxy) is 1. The van der Waals surface area contributed by atoms with Gasteiger partial charge in [0.15, 0.2) is 5.60 Å². The molecule has 0 fully saturated rings. The Bertz CT molecular complexity index is 1460. The third-order valence-corrected chi connectivity index (χ3v) is 6.55. The molecule has 3 aromatic rings. The lowest BCUT2D eigenvalue weighted by Gasteiger charge is -2.37. The topological polar surface area (TPSA) is 103 Å².